The third-order valence-corrected chi connectivity index (χ3v) is 3.39. The Balaban J connectivity index is 2.44. The lowest BCUT2D eigenvalue weighted by atomic mass is 10.1. The monoisotopic (exact) mass is 327 g/mol. The van der Waals surface area contributed by atoms with Crippen molar-refractivity contribution in [3.8, 4) is 0 Å². The van der Waals surface area contributed by atoms with Gasteiger partial charge in [-0.25, -0.2) is 0 Å². The Hall–Kier alpha value is -1.47. The number of imide groups is 1. The van der Waals surface area contributed by atoms with Crippen molar-refractivity contribution in [2.45, 2.75) is 0 Å². The number of nitrogens with one attached hydrogen (secondary N) is 1. The van der Waals surface area contributed by atoms with Gasteiger partial charge in [0.05, 0.1) is 13.1 Å². The molecule has 0 spiro atoms. The molecule has 1 aromatic carbocycles. The minimum Gasteiger partial charge on any atom is -0.389 e. The molecule has 0 unspecified atom stereocenters. The summed E-state index contributed by atoms with van der Waals surface area (Å²) < 4.78 is 0.742. The molecule has 1 heterocycles. The largest absolute Gasteiger partial charge is 0.389 e. The van der Waals surface area contributed by atoms with Crippen LogP contribution in [0.3, 0.4) is 0 Å². The van der Waals surface area contributed by atoms with Crippen molar-refractivity contribution in [3.63, 3.8) is 0 Å². The molecule has 0 atom stereocenters. The molecule has 0 aromatic heterocycles. The Morgan fingerprint density at radius 3 is 2.50 bits per heavy atom. The molecule has 1 saturated heterocycles. The van der Waals surface area contributed by atoms with Crippen molar-refractivity contribution in [3.05, 3.63) is 28.2 Å². The zero-order chi connectivity index (χ0) is 13.3. The van der Waals surface area contributed by atoms with Crippen LogP contribution in [0.4, 0.5) is 5.69 Å². The molecule has 0 bridgehead atoms. The van der Waals surface area contributed by atoms with Gasteiger partial charge in [-0.05, 0) is 28.1 Å². The fourth-order valence-corrected chi connectivity index (χ4v) is 2.74. The number of benzene rings is 1. The van der Waals surface area contributed by atoms with E-state index >= 15 is 0 Å². The van der Waals surface area contributed by atoms with Crippen molar-refractivity contribution in [2.24, 2.45) is 5.73 Å². The van der Waals surface area contributed by atoms with Crippen LogP contribution in [0.1, 0.15) is 5.56 Å². The van der Waals surface area contributed by atoms with Gasteiger partial charge < -0.3 is 10.6 Å². The second-order valence-electron chi connectivity index (χ2n) is 3.83. The molecular formula is C11H10BrN3O2S. The first-order valence-electron chi connectivity index (χ1n) is 5.15. The number of hydrogen-bond donors (Lipinski definition) is 2. The highest BCUT2D eigenvalue weighted by molar-refractivity contribution is 9.10. The van der Waals surface area contributed by atoms with Crippen LogP contribution in [-0.2, 0) is 9.59 Å². The molecule has 18 heavy (non-hydrogen) atoms. The van der Waals surface area contributed by atoms with Gasteiger partial charge in [-0.2, -0.15) is 0 Å². The highest BCUT2D eigenvalue weighted by Crippen LogP contribution is 2.28. The normalized spacial score (nSPS) is 15.5. The fourth-order valence-electron chi connectivity index (χ4n) is 1.83. The van der Waals surface area contributed by atoms with Gasteiger partial charge in [0.15, 0.2) is 0 Å². The van der Waals surface area contributed by atoms with E-state index in [0.29, 0.717) is 11.3 Å². The molecule has 1 aliphatic heterocycles. The lowest BCUT2D eigenvalue weighted by Crippen LogP contribution is -2.52. The molecule has 5 nitrogen and oxygen atoms in total. The quantitative estimate of drug-likeness (QED) is 0.612. The number of anilines is 1. The summed E-state index contributed by atoms with van der Waals surface area (Å²) in [5, 5.41) is 2.25. The molecule has 3 N–H and O–H groups in total. The Morgan fingerprint density at radius 2 is 1.94 bits per heavy atom. The van der Waals surface area contributed by atoms with Gasteiger partial charge in [-0.3, -0.25) is 14.9 Å². The maximum absolute atomic E-state index is 11.4. The van der Waals surface area contributed by atoms with Crippen LogP contribution in [0.5, 0.6) is 0 Å². The van der Waals surface area contributed by atoms with Crippen molar-refractivity contribution in [1.29, 1.82) is 0 Å². The molecule has 0 aliphatic carbocycles. The lowest BCUT2D eigenvalue weighted by Gasteiger charge is -2.29. The summed E-state index contributed by atoms with van der Waals surface area (Å²) in [6.45, 7) is 0.218. The molecule has 0 radical (unpaired) electrons. The predicted molar refractivity (Wildman–Crippen MR) is 75.4 cm³/mol. The third kappa shape index (κ3) is 2.51. The van der Waals surface area contributed by atoms with Gasteiger partial charge in [0.1, 0.15) is 4.99 Å². The van der Waals surface area contributed by atoms with Crippen molar-refractivity contribution in [1.82, 2.24) is 5.32 Å². The molecule has 2 rings (SSSR count). The summed E-state index contributed by atoms with van der Waals surface area (Å²) in [5.74, 6) is -0.666. The summed E-state index contributed by atoms with van der Waals surface area (Å²) in [5.41, 5.74) is 7.00. The average Bonchev–Trinajstić information content (AvgIpc) is 2.26. The summed E-state index contributed by atoms with van der Waals surface area (Å²) in [7, 11) is 0. The van der Waals surface area contributed by atoms with E-state index in [0.717, 1.165) is 4.47 Å². The van der Waals surface area contributed by atoms with Gasteiger partial charge in [-0.15, -0.1) is 0 Å². The Kier molecular flexibility index (Phi) is 3.63. The number of carbonyl (C=O) groups excluding carboxylic acids is 2. The van der Waals surface area contributed by atoms with E-state index in [4.69, 9.17) is 18.0 Å². The number of hydrogen-bond acceptors (Lipinski definition) is 4. The van der Waals surface area contributed by atoms with E-state index in [-0.39, 0.29) is 29.9 Å². The maximum Gasteiger partial charge on any atom is 0.246 e. The smallest absolute Gasteiger partial charge is 0.246 e. The Bertz CT molecular complexity index is 531. The number of halogens is 1. The van der Waals surface area contributed by atoms with E-state index in [9.17, 15) is 9.59 Å². The minimum atomic E-state index is -0.333. The predicted octanol–water partition coefficient (Wildman–Crippen LogP) is 0.546. The summed E-state index contributed by atoms with van der Waals surface area (Å²) >= 11 is 8.37. The number of amides is 2. The third-order valence-electron chi connectivity index (χ3n) is 2.53. The molecule has 7 heteroatoms. The Labute approximate surface area is 117 Å². The zero-order valence-electron chi connectivity index (χ0n) is 9.27. The number of carbonyl (C=O) groups is 2. The average molecular weight is 328 g/mol. The van der Waals surface area contributed by atoms with Gasteiger partial charge in [-0.1, -0.05) is 18.3 Å². The molecule has 1 fully saturated rings. The van der Waals surface area contributed by atoms with Crippen LogP contribution in [0.15, 0.2) is 22.7 Å². The summed E-state index contributed by atoms with van der Waals surface area (Å²) in [4.78, 5) is 24.6. The van der Waals surface area contributed by atoms with Crippen molar-refractivity contribution >= 4 is 50.6 Å². The molecular weight excluding hydrogens is 318 g/mol. The number of piperazine rings is 1. The van der Waals surface area contributed by atoms with Crippen LogP contribution >= 0.6 is 28.1 Å². The first kappa shape index (κ1) is 13.0. The van der Waals surface area contributed by atoms with Crippen LogP contribution in [0.2, 0.25) is 0 Å². The first-order valence-corrected chi connectivity index (χ1v) is 6.35. The number of nitrogens with two attached hydrogens (primary N) is 1. The molecule has 1 aliphatic rings. The van der Waals surface area contributed by atoms with E-state index in [2.05, 4.69) is 21.2 Å². The standard InChI is InChI=1S/C11H10BrN3O2S/c12-6-2-1-3-7(10(6)11(13)18)15-4-8(16)14-9(17)5-15/h1-3H,4-5H2,(H2,13,18)(H,14,16,17). The fraction of sp³-hybridized carbons (Fsp3) is 0.182. The van der Waals surface area contributed by atoms with E-state index < -0.39 is 0 Å². The zero-order valence-corrected chi connectivity index (χ0v) is 11.7. The number of nitrogens with zero attached hydrogens (tertiary/aromatic N) is 1. The van der Waals surface area contributed by atoms with Crippen LogP contribution in [-0.4, -0.2) is 29.9 Å². The first-order chi connectivity index (χ1) is 8.49. The lowest BCUT2D eigenvalue weighted by molar-refractivity contribution is -0.130. The number of thiocarbonyl (C=S) groups is 1. The molecule has 1 aromatic rings. The van der Waals surface area contributed by atoms with Crippen LogP contribution in [0, 0.1) is 0 Å². The highest BCUT2D eigenvalue weighted by atomic mass is 79.9. The molecule has 94 valence electrons. The van der Waals surface area contributed by atoms with Gasteiger partial charge in [0.25, 0.3) is 0 Å². The SMILES string of the molecule is NC(=S)c1c(Br)cccc1N1CC(=O)NC(=O)C1. The second-order valence-corrected chi connectivity index (χ2v) is 5.12. The van der Waals surface area contributed by atoms with Crippen LogP contribution in [0.25, 0.3) is 0 Å². The van der Waals surface area contributed by atoms with Gasteiger partial charge >= 0.3 is 0 Å². The van der Waals surface area contributed by atoms with Crippen molar-refractivity contribution < 1.29 is 9.59 Å². The second kappa shape index (κ2) is 5.03. The summed E-state index contributed by atoms with van der Waals surface area (Å²) in [6, 6.07) is 5.40. The van der Waals surface area contributed by atoms with Gasteiger partial charge in [0.2, 0.25) is 11.8 Å². The molecule has 0 saturated carbocycles. The minimum absolute atomic E-state index is 0.109. The maximum atomic E-state index is 11.4. The van der Waals surface area contributed by atoms with E-state index in [1.807, 2.05) is 6.07 Å². The van der Waals surface area contributed by atoms with Crippen molar-refractivity contribution in [2.75, 3.05) is 18.0 Å². The topological polar surface area (TPSA) is 75.4 Å². The highest BCUT2D eigenvalue weighted by Gasteiger charge is 2.25. The Morgan fingerprint density at radius 1 is 1.33 bits per heavy atom. The molecule has 2 amide bonds. The van der Waals surface area contributed by atoms with E-state index in [1.165, 1.54) is 0 Å². The van der Waals surface area contributed by atoms with Gasteiger partial charge in [0, 0.05) is 15.7 Å². The van der Waals surface area contributed by atoms with Crippen LogP contribution < -0.4 is 16.0 Å². The van der Waals surface area contributed by atoms with E-state index in [1.54, 1.807) is 17.0 Å². The summed E-state index contributed by atoms with van der Waals surface area (Å²) in [6.07, 6.45) is 0. The number of rotatable bonds is 2.